The zero-order valence-electron chi connectivity index (χ0n) is 14.2. The summed E-state index contributed by atoms with van der Waals surface area (Å²) in [6, 6.07) is 0. The molecule has 2 rings (SSSR count). The lowest BCUT2D eigenvalue weighted by molar-refractivity contribution is 0.0636. The Morgan fingerprint density at radius 3 is 2.64 bits per heavy atom. The Bertz CT molecular complexity index is 516. The molecule has 1 amide bonds. The third-order valence-corrected chi connectivity index (χ3v) is 5.22. The van der Waals surface area contributed by atoms with Crippen molar-refractivity contribution in [2.24, 2.45) is 5.92 Å². The van der Waals surface area contributed by atoms with Crippen LogP contribution < -0.4 is 10.6 Å². The van der Waals surface area contributed by atoms with E-state index in [1.807, 2.05) is 27.7 Å². The number of carbonyl (C=O) groups is 1. The van der Waals surface area contributed by atoms with Crippen LogP contribution in [0.3, 0.4) is 0 Å². The van der Waals surface area contributed by atoms with Gasteiger partial charge in [0.25, 0.3) is 0 Å². The van der Waals surface area contributed by atoms with Crippen molar-refractivity contribution in [3.8, 4) is 0 Å². The second-order valence-electron chi connectivity index (χ2n) is 6.97. The van der Waals surface area contributed by atoms with Gasteiger partial charge in [-0.3, -0.25) is 5.32 Å². The summed E-state index contributed by atoms with van der Waals surface area (Å²) in [5.41, 5.74) is 0.517. The van der Waals surface area contributed by atoms with E-state index in [9.17, 15) is 4.79 Å². The molecule has 0 radical (unpaired) electrons. The fourth-order valence-electron chi connectivity index (χ4n) is 2.83. The smallest absolute Gasteiger partial charge is 0.413 e. The van der Waals surface area contributed by atoms with E-state index in [1.165, 1.54) is 17.7 Å². The fraction of sp³-hybridized carbons (Fsp3) is 0.750. The number of aryl methyl sites for hydroxylation is 1. The van der Waals surface area contributed by atoms with Crippen molar-refractivity contribution in [3.05, 3.63) is 10.6 Å². The average Bonchev–Trinajstić information content (AvgIpc) is 2.77. The first-order valence-corrected chi connectivity index (χ1v) is 8.76. The molecule has 0 aromatic carbocycles. The van der Waals surface area contributed by atoms with Crippen LogP contribution in [0.15, 0.2) is 0 Å². The van der Waals surface area contributed by atoms with Crippen LogP contribution in [0, 0.1) is 12.8 Å². The van der Waals surface area contributed by atoms with Gasteiger partial charge in [0.15, 0.2) is 5.13 Å². The van der Waals surface area contributed by atoms with Gasteiger partial charge in [0.05, 0.1) is 5.69 Å². The van der Waals surface area contributed by atoms with Crippen molar-refractivity contribution in [2.75, 3.05) is 18.4 Å². The van der Waals surface area contributed by atoms with Gasteiger partial charge in [-0.2, -0.15) is 0 Å². The largest absolute Gasteiger partial charge is 0.444 e. The molecule has 6 heteroatoms. The van der Waals surface area contributed by atoms with E-state index in [-0.39, 0.29) is 0 Å². The Labute approximate surface area is 136 Å². The number of ether oxygens (including phenoxy) is 1. The van der Waals surface area contributed by atoms with Gasteiger partial charge >= 0.3 is 6.09 Å². The molecule has 1 saturated heterocycles. The highest BCUT2D eigenvalue weighted by Crippen LogP contribution is 2.37. The molecule has 0 aliphatic carbocycles. The molecule has 22 heavy (non-hydrogen) atoms. The molecule has 2 N–H and O–H groups in total. The summed E-state index contributed by atoms with van der Waals surface area (Å²) in [5.74, 6) is 1.17. The number of thiazole rings is 1. The van der Waals surface area contributed by atoms with Crippen molar-refractivity contribution in [2.45, 2.75) is 59.0 Å². The van der Waals surface area contributed by atoms with Gasteiger partial charge in [-0.25, -0.2) is 9.78 Å². The predicted octanol–water partition coefficient (Wildman–Crippen LogP) is 3.90. The third kappa shape index (κ3) is 4.68. The second kappa shape index (κ2) is 6.96. The molecule has 1 aliphatic rings. The van der Waals surface area contributed by atoms with Gasteiger partial charge in [-0.05, 0) is 65.5 Å². The lowest BCUT2D eigenvalue weighted by atomic mass is 9.85. The molecule has 1 aliphatic heterocycles. The Kier molecular flexibility index (Phi) is 5.45. The topological polar surface area (TPSA) is 63.2 Å². The highest BCUT2D eigenvalue weighted by Gasteiger charge is 2.25. The van der Waals surface area contributed by atoms with Gasteiger partial charge in [-0.15, -0.1) is 11.3 Å². The molecule has 0 spiro atoms. The van der Waals surface area contributed by atoms with Crippen molar-refractivity contribution < 1.29 is 9.53 Å². The number of nitrogens with one attached hydrogen (secondary N) is 2. The van der Waals surface area contributed by atoms with Crippen LogP contribution in [0.2, 0.25) is 0 Å². The van der Waals surface area contributed by atoms with E-state index in [0.717, 1.165) is 18.8 Å². The Hall–Kier alpha value is -1.14. The maximum absolute atomic E-state index is 11.8. The quantitative estimate of drug-likeness (QED) is 0.884. The molecule has 0 saturated carbocycles. The number of nitrogens with zero attached hydrogens (tertiary/aromatic N) is 1. The van der Waals surface area contributed by atoms with Crippen molar-refractivity contribution in [1.29, 1.82) is 0 Å². The molecule has 1 aromatic rings. The maximum Gasteiger partial charge on any atom is 0.413 e. The molecule has 1 fully saturated rings. The highest BCUT2D eigenvalue weighted by molar-refractivity contribution is 7.16. The summed E-state index contributed by atoms with van der Waals surface area (Å²) in [6.45, 7) is 12.0. The normalized spacial score (nSPS) is 18.0. The molecular weight excluding hydrogens is 298 g/mol. The van der Waals surface area contributed by atoms with Crippen LogP contribution in [0.1, 0.15) is 57.0 Å². The summed E-state index contributed by atoms with van der Waals surface area (Å²) < 4.78 is 5.28. The number of hydrogen-bond donors (Lipinski definition) is 2. The minimum Gasteiger partial charge on any atom is -0.444 e. The van der Waals surface area contributed by atoms with Crippen molar-refractivity contribution in [1.82, 2.24) is 10.3 Å². The van der Waals surface area contributed by atoms with Crippen LogP contribution in [-0.4, -0.2) is 29.8 Å². The Morgan fingerprint density at radius 2 is 2.05 bits per heavy atom. The standard InChI is InChI=1S/C16H27N3O2S/c1-10(12-6-8-17-9-7-12)13-11(2)18-14(22-13)19-15(20)21-16(3,4)5/h10,12,17H,6-9H2,1-5H3,(H,18,19,20). The van der Waals surface area contributed by atoms with Crippen LogP contribution in [0.5, 0.6) is 0 Å². The molecule has 2 heterocycles. The van der Waals surface area contributed by atoms with Gasteiger partial charge < -0.3 is 10.1 Å². The van der Waals surface area contributed by atoms with Gasteiger partial charge in [0, 0.05) is 4.88 Å². The minimum atomic E-state index is -0.498. The van der Waals surface area contributed by atoms with E-state index in [0.29, 0.717) is 17.0 Å². The second-order valence-corrected chi connectivity index (χ2v) is 8.00. The van der Waals surface area contributed by atoms with E-state index < -0.39 is 11.7 Å². The van der Waals surface area contributed by atoms with Crippen LogP contribution in [0.25, 0.3) is 0 Å². The Balaban J connectivity index is 2.02. The first-order chi connectivity index (χ1) is 10.3. The van der Waals surface area contributed by atoms with E-state index in [2.05, 4.69) is 22.5 Å². The summed E-state index contributed by atoms with van der Waals surface area (Å²) >= 11 is 1.57. The number of aromatic nitrogens is 1. The lowest BCUT2D eigenvalue weighted by Gasteiger charge is -2.27. The molecule has 5 nitrogen and oxygen atoms in total. The van der Waals surface area contributed by atoms with Gasteiger partial charge in [0.1, 0.15) is 5.60 Å². The number of carbonyl (C=O) groups excluding carboxylic acids is 1. The van der Waals surface area contributed by atoms with Crippen LogP contribution in [-0.2, 0) is 4.74 Å². The molecule has 1 unspecified atom stereocenters. The zero-order chi connectivity index (χ0) is 16.3. The average molecular weight is 325 g/mol. The number of hydrogen-bond acceptors (Lipinski definition) is 5. The third-order valence-electron chi connectivity index (χ3n) is 3.94. The van der Waals surface area contributed by atoms with E-state index in [4.69, 9.17) is 4.74 Å². The summed E-state index contributed by atoms with van der Waals surface area (Å²) in [4.78, 5) is 17.6. The number of rotatable bonds is 3. The first-order valence-electron chi connectivity index (χ1n) is 7.94. The highest BCUT2D eigenvalue weighted by atomic mass is 32.1. The predicted molar refractivity (Wildman–Crippen MR) is 90.7 cm³/mol. The van der Waals surface area contributed by atoms with E-state index in [1.54, 1.807) is 11.3 Å². The fourth-order valence-corrected chi connectivity index (χ4v) is 3.93. The SMILES string of the molecule is Cc1nc(NC(=O)OC(C)(C)C)sc1C(C)C1CCNCC1. The number of amides is 1. The van der Waals surface area contributed by atoms with Crippen molar-refractivity contribution in [3.63, 3.8) is 0 Å². The first kappa shape index (κ1) is 17.2. The van der Waals surface area contributed by atoms with Crippen molar-refractivity contribution >= 4 is 22.6 Å². The number of piperidine rings is 1. The van der Waals surface area contributed by atoms with Gasteiger partial charge in [0.2, 0.25) is 0 Å². The molecule has 1 atom stereocenters. The lowest BCUT2D eigenvalue weighted by Crippen LogP contribution is -2.30. The van der Waals surface area contributed by atoms with E-state index >= 15 is 0 Å². The monoisotopic (exact) mass is 325 g/mol. The number of anilines is 1. The summed E-state index contributed by atoms with van der Waals surface area (Å²) in [6.07, 6.45) is 1.96. The molecule has 124 valence electrons. The molecular formula is C16H27N3O2S. The summed E-state index contributed by atoms with van der Waals surface area (Å²) in [7, 11) is 0. The maximum atomic E-state index is 11.8. The zero-order valence-corrected chi connectivity index (χ0v) is 15.0. The summed E-state index contributed by atoms with van der Waals surface area (Å²) in [5, 5.41) is 6.78. The van der Waals surface area contributed by atoms with Crippen LogP contribution >= 0.6 is 11.3 Å². The molecule has 0 bridgehead atoms. The van der Waals surface area contributed by atoms with Crippen LogP contribution in [0.4, 0.5) is 9.93 Å². The minimum absolute atomic E-state index is 0.442. The Morgan fingerprint density at radius 1 is 1.41 bits per heavy atom. The molecule has 1 aromatic heterocycles. The van der Waals surface area contributed by atoms with Gasteiger partial charge in [-0.1, -0.05) is 6.92 Å².